The van der Waals surface area contributed by atoms with Gasteiger partial charge < -0.3 is 16.4 Å². The number of carbonyl (C=O) groups is 1. The first-order valence-corrected chi connectivity index (χ1v) is 8.63. The molecule has 1 amide bonds. The van der Waals surface area contributed by atoms with Gasteiger partial charge in [-0.05, 0) is 63.1 Å². The molecule has 4 heteroatoms. The van der Waals surface area contributed by atoms with Gasteiger partial charge in [0.05, 0.1) is 11.4 Å². The molecule has 0 bridgehead atoms. The highest BCUT2D eigenvalue weighted by Crippen LogP contribution is 2.25. The molecule has 25 heavy (non-hydrogen) atoms. The zero-order chi connectivity index (χ0) is 17.9. The zero-order valence-corrected chi connectivity index (χ0v) is 14.8. The Morgan fingerprint density at radius 2 is 1.88 bits per heavy atom. The number of nitrogens with one attached hydrogen (secondary N) is 2. The molecule has 130 valence electrons. The van der Waals surface area contributed by atoms with Crippen molar-refractivity contribution in [1.82, 2.24) is 5.32 Å². The van der Waals surface area contributed by atoms with Gasteiger partial charge >= 0.3 is 0 Å². The van der Waals surface area contributed by atoms with Crippen molar-refractivity contribution in [3.63, 3.8) is 0 Å². The average molecular weight is 335 g/mol. The number of rotatable bonds is 3. The number of amides is 1. The second-order valence-electron chi connectivity index (χ2n) is 7.20. The number of nitrogen functional groups attached to an aromatic ring is 1. The highest BCUT2D eigenvalue weighted by molar-refractivity contribution is 6.05. The van der Waals surface area contributed by atoms with Crippen molar-refractivity contribution in [3.05, 3.63) is 65.2 Å². The topological polar surface area (TPSA) is 67.2 Å². The van der Waals surface area contributed by atoms with E-state index >= 15 is 0 Å². The normalized spacial score (nSPS) is 18.1. The third-order valence-corrected chi connectivity index (χ3v) is 4.47. The van der Waals surface area contributed by atoms with E-state index in [0.717, 1.165) is 24.9 Å². The van der Waals surface area contributed by atoms with Gasteiger partial charge in [-0.3, -0.25) is 4.79 Å². The maximum atomic E-state index is 12.4. The van der Waals surface area contributed by atoms with Gasteiger partial charge in [0.1, 0.15) is 0 Å². The Bertz CT molecular complexity index is 791. The minimum Gasteiger partial charge on any atom is -0.397 e. The van der Waals surface area contributed by atoms with Gasteiger partial charge in [0.25, 0.3) is 5.91 Å². The molecule has 0 radical (unpaired) electrons. The Labute approximate surface area is 149 Å². The maximum absolute atomic E-state index is 12.4. The van der Waals surface area contributed by atoms with Gasteiger partial charge in [0, 0.05) is 11.1 Å². The van der Waals surface area contributed by atoms with Crippen LogP contribution in [-0.4, -0.2) is 18.0 Å². The van der Waals surface area contributed by atoms with E-state index in [1.165, 1.54) is 5.57 Å². The first-order chi connectivity index (χ1) is 11.9. The number of nitrogens with two attached hydrogens (primary N) is 1. The van der Waals surface area contributed by atoms with Crippen molar-refractivity contribution >= 4 is 23.4 Å². The van der Waals surface area contributed by atoms with E-state index in [0.29, 0.717) is 16.9 Å². The van der Waals surface area contributed by atoms with Crippen LogP contribution in [0.2, 0.25) is 0 Å². The predicted molar refractivity (Wildman–Crippen MR) is 105 cm³/mol. The fourth-order valence-corrected chi connectivity index (χ4v) is 3.17. The lowest BCUT2D eigenvalue weighted by Crippen LogP contribution is -2.43. The minimum absolute atomic E-state index is 0.152. The molecule has 1 aliphatic rings. The summed E-state index contributed by atoms with van der Waals surface area (Å²) in [5, 5.41) is 6.37. The molecule has 0 spiro atoms. The van der Waals surface area contributed by atoms with E-state index < -0.39 is 0 Å². The third-order valence-electron chi connectivity index (χ3n) is 4.47. The standard InChI is InChI=1S/C21H25N3O/c1-21(2)14-16(11-12-23-21)13-15-7-9-17(10-8-15)20(25)24-19-6-4-3-5-18(19)22/h3-10,13,23H,11-12,14,22H2,1-2H3,(H,24,25)/b16-13+. The summed E-state index contributed by atoms with van der Waals surface area (Å²) >= 11 is 0. The third kappa shape index (κ3) is 4.48. The lowest BCUT2D eigenvalue weighted by molar-refractivity contribution is 0.102. The molecule has 2 aromatic rings. The largest absolute Gasteiger partial charge is 0.397 e. The van der Waals surface area contributed by atoms with Gasteiger partial charge in [-0.2, -0.15) is 0 Å². The van der Waals surface area contributed by atoms with Crippen LogP contribution in [0.15, 0.2) is 54.1 Å². The highest BCUT2D eigenvalue weighted by atomic mass is 16.1. The molecular weight excluding hydrogens is 310 g/mol. The Morgan fingerprint density at radius 3 is 2.56 bits per heavy atom. The van der Waals surface area contributed by atoms with E-state index in [1.54, 1.807) is 12.1 Å². The van der Waals surface area contributed by atoms with Crippen molar-refractivity contribution in [1.29, 1.82) is 0 Å². The second kappa shape index (κ2) is 7.11. The van der Waals surface area contributed by atoms with E-state index in [1.807, 2.05) is 36.4 Å². The van der Waals surface area contributed by atoms with E-state index in [9.17, 15) is 4.79 Å². The van der Waals surface area contributed by atoms with Crippen LogP contribution in [-0.2, 0) is 0 Å². The average Bonchev–Trinajstić information content (AvgIpc) is 2.57. The highest BCUT2D eigenvalue weighted by Gasteiger charge is 2.22. The summed E-state index contributed by atoms with van der Waals surface area (Å²) in [6, 6.07) is 14.9. The molecule has 4 N–H and O–H groups in total. The summed E-state index contributed by atoms with van der Waals surface area (Å²) in [5.41, 5.74) is 10.4. The fourth-order valence-electron chi connectivity index (χ4n) is 3.17. The smallest absolute Gasteiger partial charge is 0.255 e. The molecule has 0 saturated carbocycles. The van der Waals surface area contributed by atoms with E-state index in [4.69, 9.17) is 5.73 Å². The SMILES string of the molecule is CC1(C)C/C(=C/c2ccc(C(=O)Nc3ccccc3N)cc2)CCN1. The van der Waals surface area contributed by atoms with E-state index in [2.05, 4.69) is 30.6 Å². The molecule has 2 aromatic carbocycles. The summed E-state index contributed by atoms with van der Waals surface area (Å²) in [4.78, 5) is 12.4. The molecule has 0 unspecified atom stereocenters. The Hall–Kier alpha value is -2.59. The Balaban J connectivity index is 1.70. The first kappa shape index (κ1) is 17.2. The minimum atomic E-state index is -0.153. The predicted octanol–water partition coefficient (Wildman–Crippen LogP) is 4.07. The molecule has 3 rings (SSSR count). The number of piperidine rings is 1. The van der Waals surface area contributed by atoms with Gasteiger partial charge in [-0.25, -0.2) is 0 Å². The fraction of sp³-hybridized carbons (Fsp3) is 0.286. The number of hydrogen-bond donors (Lipinski definition) is 3. The molecule has 0 atom stereocenters. The number of carbonyl (C=O) groups excluding carboxylic acids is 1. The quantitative estimate of drug-likeness (QED) is 0.741. The molecular formula is C21H25N3O. The zero-order valence-electron chi connectivity index (χ0n) is 14.8. The van der Waals surface area contributed by atoms with Crippen LogP contribution in [0.25, 0.3) is 6.08 Å². The van der Waals surface area contributed by atoms with Gasteiger partial charge in [0.2, 0.25) is 0 Å². The summed E-state index contributed by atoms with van der Waals surface area (Å²) in [6.45, 7) is 5.46. The molecule has 1 heterocycles. The second-order valence-corrected chi connectivity index (χ2v) is 7.20. The molecule has 1 aliphatic heterocycles. The van der Waals surface area contributed by atoms with Crippen molar-refractivity contribution in [3.8, 4) is 0 Å². The molecule has 1 saturated heterocycles. The van der Waals surface area contributed by atoms with Crippen LogP contribution in [0.5, 0.6) is 0 Å². The Morgan fingerprint density at radius 1 is 1.16 bits per heavy atom. The first-order valence-electron chi connectivity index (χ1n) is 8.63. The van der Waals surface area contributed by atoms with Crippen LogP contribution in [0.4, 0.5) is 11.4 Å². The molecule has 0 aromatic heterocycles. The van der Waals surface area contributed by atoms with E-state index in [-0.39, 0.29) is 11.4 Å². The number of hydrogen-bond acceptors (Lipinski definition) is 3. The van der Waals surface area contributed by atoms with Crippen LogP contribution < -0.4 is 16.4 Å². The summed E-state index contributed by atoms with van der Waals surface area (Å²) < 4.78 is 0. The van der Waals surface area contributed by atoms with Crippen LogP contribution in [0.1, 0.15) is 42.6 Å². The number of anilines is 2. The summed E-state index contributed by atoms with van der Waals surface area (Å²) in [6.07, 6.45) is 4.35. The van der Waals surface area contributed by atoms with Crippen LogP contribution in [0, 0.1) is 0 Å². The maximum Gasteiger partial charge on any atom is 0.255 e. The molecule has 4 nitrogen and oxygen atoms in total. The van der Waals surface area contributed by atoms with Crippen molar-refractivity contribution in [2.75, 3.05) is 17.6 Å². The molecule has 1 fully saturated rings. The van der Waals surface area contributed by atoms with Crippen molar-refractivity contribution in [2.24, 2.45) is 0 Å². The van der Waals surface area contributed by atoms with Gasteiger partial charge in [-0.15, -0.1) is 0 Å². The van der Waals surface area contributed by atoms with Crippen LogP contribution in [0.3, 0.4) is 0 Å². The lowest BCUT2D eigenvalue weighted by Gasteiger charge is -2.32. The lowest BCUT2D eigenvalue weighted by atomic mass is 9.88. The molecule has 0 aliphatic carbocycles. The summed E-state index contributed by atoms with van der Waals surface area (Å²) in [7, 11) is 0. The van der Waals surface area contributed by atoms with Crippen LogP contribution >= 0.6 is 0 Å². The van der Waals surface area contributed by atoms with Crippen molar-refractivity contribution in [2.45, 2.75) is 32.2 Å². The van der Waals surface area contributed by atoms with Gasteiger partial charge in [-0.1, -0.05) is 35.9 Å². The number of benzene rings is 2. The van der Waals surface area contributed by atoms with Crippen molar-refractivity contribution < 1.29 is 4.79 Å². The summed E-state index contributed by atoms with van der Waals surface area (Å²) in [5.74, 6) is -0.153. The van der Waals surface area contributed by atoms with Gasteiger partial charge in [0.15, 0.2) is 0 Å². The number of para-hydroxylation sites is 2. The monoisotopic (exact) mass is 335 g/mol. The Kier molecular flexibility index (Phi) is 4.91.